The van der Waals surface area contributed by atoms with Crippen molar-refractivity contribution >= 4 is 11.8 Å². The van der Waals surface area contributed by atoms with Gasteiger partial charge in [0, 0.05) is 39.3 Å². The van der Waals surface area contributed by atoms with E-state index in [0.29, 0.717) is 32.7 Å². The zero-order chi connectivity index (χ0) is 16.9. The topological polar surface area (TPSA) is 64.1 Å². The van der Waals surface area contributed by atoms with E-state index in [4.69, 9.17) is 5.11 Å². The van der Waals surface area contributed by atoms with Gasteiger partial charge in [-0.3, -0.25) is 14.5 Å². The van der Waals surface area contributed by atoms with Crippen molar-refractivity contribution in [1.29, 1.82) is 0 Å². The molecule has 1 atom stereocenters. The maximum absolute atomic E-state index is 12.9. The van der Waals surface area contributed by atoms with Gasteiger partial charge in [-0.2, -0.15) is 0 Å². The lowest BCUT2D eigenvalue weighted by molar-refractivity contribution is -0.143. The Bertz CT molecular complexity index is 570. The first-order valence-electron chi connectivity index (χ1n) is 8.64. The second-order valence-electron chi connectivity index (χ2n) is 6.48. The Labute approximate surface area is 142 Å². The normalized spacial score (nSPS) is 22.7. The SMILES string of the molecule is O=C(CO)N1CCN([C@@H]2CCCN(Cc3ccccc3)C2=O)CC1. The molecule has 0 saturated carbocycles. The van der Waals surface area contributed by atoms with E-state index in [2.05, 4.69) is 17.0 Å². The summed E-state index contributed by atoms with van der Waals surface area (Å²) in [4.78, 5) is 30.2. The minimum Gasteiger partial charge on any atom is -0.387 e. The molecule has 0 aromatic heterocycles. The van der Waals surface area contributed by atoms with Crippen molar-refractivity contribution < 1.29 is 14.7 Å². The van der Waals surface area contributed by atoms with E-state index in [1.165, 1.54) is 0 Å². The first-order valence-corrected chi connectivity index (χ1v) is 8.64. The minimum absolute atomic E-state index is 0.0751. The van der Waals surface area contributed by atoms with Gasteiger partial charge in [0.2, 0.25) is 11.8 Å². The molecule has 0 aliphatic carbocycles. The van der Waals surface area contributed by atoms with Gasteiger partial charge in [0.25, 0.3) is 0 Å². The van der Waals surface area contributed by atoms with Crippen LogP contribution in [0, 0.1) is 0 Å². The number of rotatable bonds is 4. The number of amides is 2. The molecule has 0 bridgehead atoms. The summed E-state index contributed by atoms with van der Waals surface area (Å²) < 4.78 is 0. The zero-order valence-electron chi connectivity index (χ0n) is 13.9. The Morgan fingerprint density at radius 3 is 2.46 bits per heavy atom. The second-order valence-corrected chi connectivity index (χ2v) is 6.48. The largest absolute Gasteiger partial charge is 0.387 e. The van der Waals surface area contributed by atoms with Crippen LogP contribution < -0.4 is 0 Å². The highest BCUT2D eigenvalue weighted by molar-refractivity contribution is 5.82. The van der Waals surface area contributed by atoms with Crippen LogP contribution in [-0.2, 0) is 16.1 Å². The number of piperazine rings is 1. The van der Waals surface area contributed by atoms with E-state index >= 15 is 0 Å². The van der Waals surface area contributed by atoms with E-state index in [1.54, 1.807) is 4.90 Å². The molecule has 2 aliphatic heterocycles. The number of aliphatic hydroxyl groups is 1. The third-order valence-corrected chi connectivity index (χ3v) is 4.96. The smallest absolute Gasteiger partial charge is 0.248 e. The van der Waals surface area contributed by atoms with Crippen LogP contribution in [0.4, 0.5) is 0 Å². The molecule has 2 amide bonds. The van der Waals surface area contributed by atoms with E-state index in [-0.39, 0.29) is 17.9 Å². The fourth-order valence-electron chi connectivity index (χ4n) is 3.60. The van der Waals surface area contributed by atoms with Gasteiger partial charge in [-0.05, 0) is 18.4 Å². The summed E-state index contributed by atoms with van der Waals surface area (Å²) in [5.74, 6) is -0.0256. The van der Waals surface area contributed by atoms with Crippen molar-refractivity contribution in [1.82, 2.24) is 14.7 Å². The summed E-state index contributed by atoms with van der Waals surface area (Å²) in [5, 5.41) is 8.95. The van der Waals surface area contributed by atoms with E-state index in [9.17, 15) is 9.59 Å². The molecule has 1 aromatic carbocycles. The number of carbonyl (C=O) groups is 2. The molecule has 0 spiro atoms. The summed E-state index contributed by atoms with van der Waals surface area (Å²) in [5.41, 5.74) is 1.16. The van der Waals surface area contributed by atoms with Crippen LogP contribution in [0.5, 0.6) is 0 Å². The Morgan fingerprint density at radius 2 is 1.79 bits per heavy atom. The first-order chi connectivity index (χ1) is 11.7. The van der Waals surface area contributed by atoms with Crippen LogP contribution in [0.1, 0.15) is 18.4 Å². The van der Waals surface area contributed by atoms with E-state index in [1.807, 2.05) is 23.1 Å². The Morgan fingerprint density at radius 1 is 1.08 bits per heavy atom. The van der Waals surface area contributed by atoms with Gasteiger partial charge in [0.05, 0.1) is 6.04 Å². The van der Waals surface area contributed by atoms with Gasteiger partial charge in [0.15, 0.2) is 0 Å². The molecule has 1 N–H and O–H groups in total. The molecular formula is C18H25N3O3. The van der Waals surface area contributed by atoms with Crippen LogP contribution >= 0.6 is 0 Å². The van der Waals surface area contributed by atoms with Crippen molar-refractivity contribution in [3.8, 4) is 0 Å². The molecule has 1 aromatic rings. The number of hydrogen-bond donors (Lipinski definition) is 1. The molecule has 6 heteroatoms. The van der Waals surface area contributed by atoms with E-state index in [0.717, 1.165) is 24.9 Å². The minimum atomic E-state index is -0.437. The molecule has 2 aliphatic rings. The average Bonchev–Trinajstić information content (AvgIpc) is 2.64. The quantitative estimate of drug-likeness (QED) is 0.863. The first kappa shape index (κ1) is 16.9. The summed E-state index contributed by atoms with van der Waals surface area (Å²) in [6.07, 6.45) is 1.90. The number of aliphatic hydroxyl groups excluding tert-OH is 1. The molecule has 2 fully saturated rings. The molecule has 6 nitrogen and oxygen atoms in total. The highest BCUT2D eigenvalue weighted by Crippen LogP contribution is 2.21. The number of likely N-dealkylation sites (tertiary alicyclic amines) is 1. The Hall–Kier alpha value is -1.92. The van der Waals surface area contributed by atoms with Crippen LogP contribution in [-0.4, -0.2) is 77.0 Å². The van der Waals surface area contributed by atoms with Crippen LogP contribution in [0.3, 0.4) is 0 Å². The number of piperidine rings is 1. The molecule has 2 heterocycles. The van der Waals surface area contributed by atoms with Crippen molar-refractivity contribution in [2.45, 2.75) is 25.4 Å². The fourth-order valence-corrected chi connectivity index (χ4v) is 3.60. The summed E-state index contributed by atoms with van der Waals surface area (Å²) in [6, 6.07) is 10.0. The average molecular weight is 331 g/mol. The predicted molar refractivity (Wildman–Crippen MR) is 90.1 cm³/mol. The molecule has 0 unspecified atom stereocenters. The lowest BCUT2D eigenvalue weighted by Crippen LogP contribution is -2.58. The van der Waals surface area contributed by atoms with Crippen LogP contribution in [0.15, 0.2) is 30.3 Å². The maximum Gasteiger partial charge on any atom is 0.248 e. The lowest BCUT2D eigenvalue weighted by Gasteiger charge is -2.42. The van der Waals surface area contributed by atoms with Gasteiger partial charge in [0.1, 0.15) is 6.61 Å². The molecule has 0 radical (unpaired) electrons. The lowest BCUT2D eigenvalue weighted by atomic mass is 10.0. The van der Waals surface area contributed by atoms with Gasteiger partial charge in [-0.25, -0.2) is 0 Å². The van der Waals surface area contributed by atoms with Gasteiger partial charge in [-0.1, -0.05) is 30.3 Å². The number of carbonyl (C=O) groups excluding carboxylic acids is 2. The van der Waals surface area contributed by atoms with Crippen LogP contribution in [0.2, 0.25) is 0 Å². The third kappa shape index (κ3) is 3.76. The maximum atomic E-state index is 12.9. The second kappa shape index (κ2) is 7.77. The van der Waals surface area contributed by atoms with Gasteiger partial charge in [-0.15, -0.1) is 0 Å². The molecule has 2 saturated heterocycles. The Balaban J connectivity index is 1.58. The monoisotopic (exact) mass is 331 g/mol. The van der Waals surface area contributed by atoms with Crippen LogP contribution in [0.25, 0.3) is 0 Å². The zero-order valence-corrected chi connectivity index (χ0v) is 13.9. The summed E-state index contributed by atoms with van der Waals surface area (Å²) in [7, 11) is 0. The van der Waals surface area contributed by atoms with Crippen molar-refractivity contribution in [3.63, 3.8) is 0 Å². The van der Waals surface area contributed by atoms with Crippen molar-refractivity contribution in [2.24, 2.45) is 0 Å². The van der Waals surface area contributed by atoms with E-state index < -0.39 is 6.61 Å². The fraction of sp³-hybridized carbons (Fsp3) is 0.556. The third-order valence-electron chi connectivity index (χ3n) is 4.96. The molecule has 24 heavy (non-hydrogen) atoms. The molecular weight excluding hydrogens is 306 g/mol. The molecule has 3 rings (SSSR count). The van der Waals surface area contributed by atoms with Crippen molar-refractivity contribution in [2.75, 3.05) is 39.3 Å². The predicted octanol–water partition coefficient (Wildman–Crippen LogP) is 0.314. The van der Waals surface area contributed by atoms with Gasteiger partial charge >= 0.3 is 0 Å². The summed E-state index contributed by atoms with van der Waals surface area (Å²) >= 11 is 0. The number of benzene rings is 1. The Kier molecular flexibility index (Phi) is 5.48. The van der Waals surface area contributed by atoms with Gasteiger partial charge < -0.3 is 14.9 Å². The highest BCUT2D eigenvalue weighted by Gasteiger charge is 2.35. The number of hydrogen-bond acceptors (Lipinski definition) is 4. The standard InChI is InChI=1S/C18H25N3O3/c22-14-17(23)20-11-9-19(10-12-20)16-7-4-8-21(18(16)24)13-15-5-2-1-3-6-15/h1-3,5-6,16,22H,4,7-14H2/t16-/m1/s1. The summed E-state index contributed by atoms with van der Waals surface area (Å²) in [6.45, 7) is 3.60. The van der Waals surface area contributed by atoms with Crippen molar-refractivity contribution in [3.05, 3.63) is 35.9 Å². The molecule has 130 valence electrons. The number of nitrogens with zero attached hydrogens (tertiary/aromatic N) is 3. The highest BCUT2D eigenvalue weighted by atomic mass is 16.3.